The molecule has 0 amide bonds. The number of ether oxygens (including phenoxy) is 3. The van der Waals surface area contributed by atoms with Gasteiger partial charge in [-0.2, -0.15) is 0 Å². The second-order valence-electron chi connectivity index (χ2n) is 8.09. The van der Waals surface area contributed by atoms with Crippen molar-refractivity contribution in [1.82, 2.24) is 9.13 Å². The number of fused-ring (bicyclic) bond motifs is 1. The topological polar surface area (TPSA) is 91.9 Å². The van der Waals surface area contributed by atoms with Gasteiger partial charge >= 0.3 is 11.7 Å². The first-order valence-corrected chi connectivity index (χ1v) is 10.7. The Morgan fingerprint density at radius 2 is 1.69 bits per heavy atom. The zero-order valence-electron chi connectivity index (χ0n) is 18.5. The number of carbonyl (C=O) groups excluding carboxylic acids is 1. The van der Waals surface area contributed by atoms with Crippen LogP contribution in [0.4, 0.5) is 0 Å². The number of nitrogens with zero attached hydrogens (tertiary/aromatic N) is 2. The molecule has 1 aliphatic rings. The molecule has 32 heavy (non-hydrogen) atoms. The molecule has 1 aliphatic carbocycles. The molecule has 1 heterocycles. The molecule has 3 aromatic rings. The van der Waals surface area contributed by atoms with Gasteiger partial charge in [0.1, 0.15) is 0 Å². The quantitative estimate of drug-likeness (QED) is 0.592. The normalized spacial score (nSPS) is 18.5. The van der Waals surface area contributed by atoms with Crippen LogP contribution < -0.4 is 15.2 Å². The van der Waals surface area contributed by atoms with E-state index in [2.05, 4.69) is 0 Å². The summed E-state index contributed by atoms with van der Waals surface area (Å²) in [6.45, 7) is 0.308. The molecule has 1 saturated carbocycles. The summed E-state index contributed by atoms with van der Waals surface area (Å²) in [4.78, 5) is 25.7. The molecular formula is C24H28N2O6. The summed E-state index contributed by atoms with van der Waals surface area (Å²) < 4.78 is 19.1. The Hall–Kier alpha value is -3.26. The number of aliphatic hydroxyl groups is 1. The highest BCUT2D eigenvalue weighted by atomic mass is 16.5. The molecule has 1 N–H and O–H groups in total. The van der Waals surface area contributed by atoms with Gasteiger partial charge in [-0.3, -0.25) is 9.13 Å². The third-order valence-corrected chi connectivity index (χ3v) is 6.20. The molecule has 0 atom stereocenters. The lowest BCUT2D eigenvalue weighted by Gasteiger charge is -2.26. The Balaban J connectivity index is 1.84. The maximum absolute atomic E-state index is 13.6. The minimum absolute atomic E-state index is 0.00373. The third-order valence-electron chi connectivity index (χ3n) is 6.20. The van der Waals surface area contributed by atoms with Gasteiger partial charge in [0, 0.05) is 6.04 Å². The van der Waals surface area contributed by atoms with E-state index in [0.29, 0.717) is 42.0 Å². The number of imidazole rings is 1. The molecule has 4 rings (SSSR count). The molecule has 0 saturated heterocycles. The Bertz CT molecular complexity index is 1190. The van der Waals surface area contributed by atoms with Crippen LogP contribution in [0.15, 0.2) is 41.2 Å². The molecular weight excluding hydrogens is 412 g/mol. The van der Waals surface area contributed by atoms with Crippen molar-refractivity contribution < 1.29 is 24.1 Å². The smallest absolute Gasteiger partial charge is 0.337 e. The fourth-order valence-electron chi connectivity index (χ4n) is 4.51. The Labute approximate surface area is 185 Å². The third kappa shape index (κ3) is 3.98. The van der Waals surface area contributed by atoms with Gasteiger partial charge in [-0.1, -0.05) is 6.07 Å². The second kappa shape index (κ2) is 9.08. The Kier molecular flexibility index (Phi) is 6.23. The molecule has 8 heteroatoms. The largest absolute Gasteiger partial charge is 0.493 e. The first kappa shape index (κ1) is 22.0. The Morgan fingerprint density at radius 1 is 0.969 bits per heavy atom. The number of carbonyl (C=O) groups is 1. The van der Waals surface area contributed by atoms with Gasteiger partial charge in [-0.05, 0) is 61.6 Å². The number of benzene rings is 2. The van der Waals surface area contributed by atoms with Gasteiger partial charge in [0.15, 0.2) is 11.5 Å². The van der Waals surface area contributed by atoms with Crippen LogP contribution in [-0.2, 0) is 11.3 Å². The molecule has 0 bridgehead atoms. The van der Waals surface area contributed by atoms with Crippen LogP contribution >= 0.6 is 0 Å². The number of rotatable bonds is 6. The van der Waals surface area contributed by atoms with E-state index in [1.54, 1.807) is 43.1 Å². The van der Waals surface area contributed by atoms with Crippen LogP contribution in [0, 0.1) is 0 Å². The molecule has 0 spiro atoms. The first-order chi connectivity index (χ1) is 15.5. The van der Waals surface area contributed by atoms with Crippen LogP contribution in [0.1, 0.15) is 47.6 Å². The van der Waals surface area contributed by atoms with Crippen LogP contribution in [0.25, 0.3) is 11.0 Å². The van der Waals surface area contributed by atoms with Crippen LogP contribution in [0.3, 0.4) is 0 Å². The fourth-order valence-corrected chi connectivity index (χ4v) is 4.51. The van der Waals surface area contributed by atoms with E-state index in [1.165, 1.54) is 7.11 Å². The van der Waals surface area contributed by atoms with Crippen molar-refractivity contribution in [3.05, 3.63) is 58.0 Å². The number of hydrogen-bond donors (Lipinski definition) is 1. The van der Waals surface area contributed by atoms with Crippen molar-refractivity contribution in [2.45, 2.75) is 44.4 Å². The van der Waals surface area contributed by atoms with Crippen molar-refractivity contribution in [2.24, 2.45) is 0 Å². The average molecular weight is 440 g/mol. The highest BCUT2D eigenvalue weighted by Crippen LogP contribution is 2.32. The van der Waals surface area contributed by atoms with Crippen molar-refractivity contribution in [2.75, 3.05) is 21.3 Å². The van der Waals surface area contributed by atoms with Gasteiger partial charge in [0.05, 0.1) is 50.6 Å². The number of aliphatic hydroxyl groups excluding tert-OH is 1. The average Bonchev–Trinajstić information content (AvgIpc) is 3.09. The molecule has 0 aliphatic heterocycles. The number of aromatic nitrogens is 2. The molecule has 1 fully saturated rings. The molecule has 2 aromatic carbocycles. The van der Waals surface area contributed by atoms with Crippen LogP contribution in [-0.4, -0.2) is 47.6 Å². The van der Waals surface area contributed by atoms with E-state index >= 15 is 0 Å². The van der Waals surface area contributed by atoms with Crippen LogP contribution in [0.5, 0.6) is 11.5 Å². The van der Waals surface area contributed by atoms with Crippen LogP contribution in [0.2, 0.25) is 0 Å². The molecule has 0 radical (unpaired) electrons. The van der Waals surface area contributed by atoms with Gasteiger partial charge in [-0.25, -0.2) is 9.59 Å². The van der Waals surface area contributed by atoms with Gasteiger partial charge in [0.2, 0.25) is 0 Å². The van der Waals surface area contributed by atoms with Crippen molar-refractivity contribution in [1.29, 1.82) is 0 Å². The summed E-state index contributed by atoms with van der Waals surface area (Å²) in [6, 6.07) is 10.7. The lowest BCUT2D eigenvalue weighted by molar-refractivity contribution is 0.0601. The maximum atomic E-state index is 13.6. The van der Waals surface area contributed by atoms with Crippen molar-refractivity contribution >= 4 is 17.0 Å². The summed E-state index contributed by atoms with van der Waals surface area (Å²) in [5.74, 6) is 0.739. The van der Waals surface area contributed by atoms with Gasteiger partial charge < -0.3 is 19.3 Å². The van der Waals surface area contributed by atoms with Crippen molar-refractivity contribution in [3.8, 4) is 11.5 Å². The lowest BCUT2D eigenvalue weighted by Crippen LogP contribution is -2.31. The van der Waals surface area contributed by atoms with E-state index < -0.39 is 5.97 Å². The number of hydrogen-bond acceptors (Lipinski definition) is 6. The van der Waals surface area contributed by atoms with E-state index in [9.17, 15) is 14.7 Å². The zero-order valence-corrected chi connectivity index (χ0v) is 18.5. The number of esters is 1. The van der Waals surface area contributed by atoms with Crippen molar-refractivity contribution in [3.63, 3.8) is 0 Å². The van der Waals surface area contributed by atoms with E-state index in [1.807, 2.05) is 16.7 Å². The summed E-state index contributed by atoms with van der Waals surface area (Å²) in [7, 11) is 4.48. The molecule has 170 valence electrons. The highest BCUT2D eigenvalue weighted by molar-refractivity contribution is 5.93. The summed E-state index contributed by atoms with van der Waals surface area (Å²) in [5, 5.41) is 9.91. The van der Waals surface area contributed by atoms with E-state index in [-0.39, 0.29) is 17.8 Å². The van der Waals surface area contributed by atoms with E-state index in [0.717, 1.165) is 23.9 Å². The summed E-state index contributed by atoms with van der Waals surface area (Å²) in [6.07, 6.45) is 2.48. The molecule has 8 nitrogen and oxygen atoms in total. The standard InChI is InChI=1S/C24H28N2O6/c1-30-21-11-4-15(12-22(21)31-2)14-25-20-13-16(23(28)32-3)5-10-19(20)26(24(25)29)17-6-8-18(27)9-7-17/h4-5,10-13,17-18,27H,6-9,14H2,1-3H3. The van der Waals surface area contributed by atoms with E-state index in [4.69, 9.17) is 14.2 Å². The van der Waals surface area contributed by atoms with Gasteiger partial charge in [0.25, 0.3) is 0 Å². The maximum Gasteiger partial charge on any atom is 0.337 e. The lowest BCUT2D eigenvalue weighted by atomic mass is 9.93. The van der Waals surface area contributed by atoms with Gasteiger partial charge in [-0.15, -0.1) is 0 Å². The minimum Gasteiger partial charge on any atom is -0.493 e. The first-order valence-electron chi connectivity index (χ1n) is 10.7. The minimum atomic E-state index is -0.453. The predicted octanol–water partition coefficient (Wildman–Crippen LogP) is 3.13. The number of methoxy groups -OCH3 is 3. The zero-order chi connectivity index (χ0) is 22.8. The summed E-state index contributed by atoms with van der Waals surface area (Å²) >= 11 is 0. The Morgan fingerprint density at radius 3 is 2.34 bits per heavy atom. The predicted molar refractivity (Wildman–Crippen MR) is 120 cm³/mol. The highest BCUT2D eigenvalue weighted by Gasteiger charge is 2.26. The summed E-state index contributed by atoms with van der Waals surface area (Å²) in [5.41, 5.74) is 2.55. The monoisotopic (exact) mass is 440 g/mol. The second-order valence-corrected chi connectivity index (χ2v) is 8.09. The molecule has 1 aromatic heterocycles. The molecule has 0 unspecified atom stereocenters. The SMILES string of the molecule is COC(=O)c1ccc2c(c1)n(Cc1ccc(OC)c(OC)c1)c(=O)n2C1CCC(O)CC1. The fraction of sp³-hybridized carbons (Fsp3) is 0.417.